The van der Waals surface area contributed by atoms with Crippen molar-refractivity contribution in [2.45, 2.75) is 31.3 Å². The van der Waals surface area contributed by atoms with Crippen molar-refractivity contribution >= 4 is 21.7 Å². The molecule has 0 aliphatic rings. The third kappa shape index (κ3) is 7.39. The van der Waals surface area contributed by atoms with Gasteiger partial charge in [0.15, 0.2) is 0 Å². The molecule has 0 saturated carbocycles. The lowest BCUT2D eigenvalue weighted by atomic mass is 10.2. The summed E-state index contributed by atoms with van der Waals surface area (Å²) in [4.78, 5) is 11.3. The number of sulfonamides is 1. The Morgan fingerprint density at radius 3 is 2.56 bits per heavy atom. The van der Waals surface area contributed by atoms with Gasteiger partial charge in [-0.25, -0.2) is 17.9 Å². The van der Waals surface area contributed by atoms with E-state index in [1.807, 2.05) is 13.8 Å². The van der Waals surface area contributed by atoms with E-state index in [4.69, 9.17) is 9.47 Å². The predicted octanol–water partition coefficient (Wildman–Crippen LogP) is 1.54. The fourth-order valence-corrected chi connectivity index (χ4v) is 3.04. The topological polar surface area (TPSA) is 114 Å². The molecule has 1 rings (SSSR count). The number of nitrogens with one attached hydrogen (secondary N) is 2. The SMILES string of the molecule is COCCNS(=O)(=O)c1ccc(NCCCOC(C)C)c(C(=O)O)c1. The van der Waals surface area contributed by atoms with Crippen LogP contribution in [0.1, 0.15) is 30.6 Å². The third-order valence-corrected chi connectivity index (χ3v) is 4.68. The van der Waals surface area contributed by atoms with Gasteiger partial charge in [-0.3, -0.25) is 0 Å². The molecule has 0 aliphatic heterocycles. The summed E-state index contributed by atoms with van der Waals surface area (Å²) in [5.41, 5.74) is 0.271. The highest BCUT2D eigenvalue weighted by molar-refractivity contribution is 7.89. The molecule has 9 heteroatoms. The summed E-state index contributed by atoms with van der Waals surface area (Å²) in [5.74, 6) is -1.20. The molecule has 1 aromatic carbocycles. The highest BCUT2D eigenvalue weighted by atomic mass is 32.2. The zero-order chi connectivity index (χ0) is 18.9. The van der Waals surface area contributed by atoms with Crippen LogP contribution in [-0.4, -0.2) is 59.0 Å². The summed E-state index contributed by atoms with van der Waals surface area (Å²) in [6.45, 7) is 5.29. The zero-order valence-electron chi connectivity index (χ0n) is 14.7. The largest absolute Gasteiger partial charge is 0.478 e. The van der Waals surface area contributed by atoms with Crippen molar-refractivity contribution in [1.82, 2.24) is 4.72 Å². The Labute approximate surface area is 148 Å². The summed E-state index contributed by atoms with van der Waals surface area (Å²) in [7, 11) is -2.32. The van der Waals surface area contributed by atoms with Crippen LogP contribution in [0.15, 0.2) is 23.1 Å². The van der Waals surface area contributed by atoms with E-state index >= 15 is 0 Å². The average molecular weight is 374 g/mol. The van der Waals surface area contributed by atoms with Crippen molar-refractivity contribution in [3.8, 4) is 0 Å². The van der Waals surface area contributed by atoms with E-state index in [1.165, 1.54) is 19.2 Å². The molecular weight excluding hydrogens is 348 g/mol. The van der Waals surface area contributed by atoms with Crippen molar-refractivity contribution < 1.29 is 27.8 Å². The molecule has 25 heavy (non-hydrogen) atoms. The highest BCUT2D eigenvalue weighted by Gasteiger charge is 2.18. The standard InChI is InChI=1S/C16H26N2O6S/c1-12(2)24-9-4-7-17-15-6-5-13(11-14(15)16(19)20)25(21,22)18-8-10-23-3/h5-6,11-12,17-18H,4,7-10H2,1-3H3,(H,19,20). The van der Waals surface area contributed by atoms with E-state index in [0.717, 1.165) is 6.07 Å². The molecular formula is C16H26N2O6S. The van der Waals surface area contributed by atoms with Crippen LogP contribution < -0.4 is 10.0 Å². The van der Waals surface area contributed by atoms with Crippen LogP contribution in [0.25, 0.3) is 0 Å². The number of methoxy groups -OCH3 is 1. The quantitative estimate of drug-likeness (QED) is 0.475. The summed E-state index contributed by atoms with van der Waals surface area (Å²) < 4.78 is 36.9. The molecule has 142 valence electrons. The zero-order valence-corrected chi connectivity index (χ0v) is 15.6. The molecule has 0 atom stereocenters. The van der Waals surface area contributed by atoms with E-state index in [2.05, 4.69) is 10.0 Å². The van der Waals surface area contributed by atoms with Crippen LogP contribution in [0.2, 0.25) is 0 Å². The highest BCUT2D eigenvalue weighted by Crippen LogP contribution is 2.20. The minimum atomic E-state index is -3.79. The molecule has 0 fully saturated rings. The van der Waals surface area contributed by atoms with Crippen LogP contribution in [0.3, 0.4) is 0 Å². The molecule has 0 amide bonds. The van der Waals surface area contributed by atoms with Gasteiger partial charge in [0.1, 0.15) is 0 Å². The van der Waals surface area contributed by atoms with Crippen LogP contribution in [0.4, 0.5) is 5.69 Å². The number of hydrogen-bond acceptors (Lipinski definition) is 6. The molecule has 3 N–H and O–H groups in total. The van der Waals surface area contributed by atoms with Crippen molar-refractivity contribution in [2.75, 3.05) is 38.7 Å². The molecule has 8 nitrogen and oxygen atoms in total. The Bertz CT molecular complexity index is 661. The van der Waals surface area contributed by atoms with Crippen molar-refractivity contribution in [1.29, 1.82) is 0 Å². The summed E-state index contributed by atoms with van der Waals surface area (Å²) >= 11 is 0. The van der Waals surface area contributed by atoms with E-state index in [1.54, 1.807) is 0 Å². The van der Waals surface area contributed by atoms with Gasteiger partial charge in [-0.15, -0.1) is 0 Å². The first kappa shape index (κ1) is 21.4. The molecule has 0 spiro atoms. The minimum Gasteiger partial charge on any atom is -0.478 e. The Balaban J connectivity index is 2.80. The normalized spacial score (nSPS) is 11.7. The Morgan fingerprint density at radius 1 is 1.24 bits per heavy atom. The summed E-state index contributed by atoms with van der Waals surface area (Å²) in [6.07, 6.45) is 0.847. The van der Waals surface area contributed by atoms with Gasteiger partial charge >= 0.3 is 5.97 Å². The summed E-state index contributed by atoms with van der Waals surface area (Å²) in [5, 5.41) is 12.3. The van der Waals surface area contributed by atoms with Gasteiger partial charge in [-0.1, -0.05) is 0 Å². The Morgan fingerprint density at radius 2 is 1.96 bits per heavy atom. The number of carboxylic acid groups (broad SMARTS) is 1. The molecule has 0 aliphatic carbocycles. The number of carboxylic acids is 1. The number of hydrogen-bond donors (Lipinski definition) is 3. The van der Waals surface area contributed by atoms with Gasteiger partial charge in [-0.2, -0.15) is 0 Å². The van der Waals surface area contributed by atoms with Gasteiger partial charge in [0.25, 0.3) is 0 Å². The first-order valence-electron chi connectivity index (χ1n) is 7.99. The lowest BCUT2D eigenvalue weighted by Gasteiger charge is -2.13. The maximum Gasteiger partial charge on any atom is 0.337 e. The number of carbonyl (C=O) groups is 1. The third-order valence-electron chi connectivity index (χ3n) is 3.22. The second kappa shape index (κ2) is 10.3. The van der Waals surface area contributed by atoms with Crippen LogP contribution in [0.5, 0.6) is 0 Å². The molecule has 0 heterocycles. The average Bonchev–Trinajstić information content (AvgIpc) is 2.54. The van der Waals surface area contributed by atoms with Crippen molar-refractivity contribution in [3.63, 3.8) is 0 Å². The van der Waals surface area contributed by atoms with E-state index in [9.17, 15) is 18.3 Å². The number of rotatable bonds is 12. The van der Waals surface area contributed by atoms with Gasteiger partial charge < -0.3 is 19.9 Å². The van der Waals surface area contributed by atoms with Crippen LogP contribution in [-0.2, 0) is 19.5 Å². The van der Waals surface area contributed by atoms with E-state index in [0.29, 0.717) is 25.3 Å². The van der Waals surface area contributed by atoms with Crippen LogP contribution >= 0.6 is 0 Å². The van der Waals surface area contributed by atoms with E-state index in [-0.39, 0.29) is 29.7 Å². The number of aromatic carboxylic acids is 1. The fourth-order valence-electron chi connectivity index (χ4n) is 2.00. The van der Waals surface area contributed by atoms with E-state index < -0.39 is 16.0 Å². The second-order valence-corrected chi connectivity index (χ2v) is 7.37. The molecule has 0 radical (unpaired) electrons. The van der Waals surface area contributed by atoms with Gasteiger partial charge in [0.2, 0.25) is 10.0 Å². The second-order valence-electron chi connectivity index (χ2n) is 5.60. The molecule has 0 unspecified atom stereocenters. The van der Waals surface area contributed by atoms with Crippen molar-refractivity contribution in [3.05, 3.63) is 23.8 Å². The maximum absolute atomic E-state index is 12.2. The van der Waals surface area contributed by atoms with Crippen LogP contribution in [0, 0.1) is 0 Å². The minimum absolute atomic E-state index is 0.0978. The summed E-state index contributed by atoms with van der Waals surface area (Å²) in [6, 6.07) is 3.97. The van der Waals surface area contributed by atoms with Gasteiger partial charge in [0.05, 0.1) is 23.2 Å². The fraction of sp³-hybridized carbons (Fsp3) is 0.562. The van der Waals surface area contributed by atoms with Crippen molar-refractivity contribution in [2.24, 2.45) is 0 Å². The lowest BCUT2D eigenvalue weighted by molar-refractivity contribution is 0.0697. The first-order valence-corrected chi connectivity index (χ1v) is 9.47. The Hall–Kier alpha value is -1.68. The smallest absolute Gasteiger partial charge is 0.337 e. The number of benzene rings is 1. The number of anilines is 1. The molecule has 0 aromatic heterocycles. The molecule has 0 bridgehead atoms. The van der Waals surface area contributed by atoms with Gasteiger partial charge in [-0.05, 0) is 38.5 Å². The monoisotopic (exact) mass is 374 g/mol. The predicted molar refractivity (Wildman–Crippen MR) is 94.7 cm³/mol. The Kier molecular flexibility index (Phi) is 8.84. The number of ether oxygens (including phenoxy) is 2. The molecule has 0 saturated heterocycles. The lowest BCUT2D eigenvalue weighted by Crippen LogP contribution is -2.27. The molecule has 1 aromatic rings. The maximum atomic E-state index is 12.2. The first-order chi connectivity index (χ1) is 11.8. The van der Waals surface area contributed by atoms with Gasteiger partial charge in [0, 0.05) is 32.5 Å².